The zero-order valence-corrected chi connectivity index (χ0v) is 13.2. The molecule has 116 valence electrons. The van der Waals surface area contributed by atoms with Crippen LogP contribution >= 0.6 is 11.6 Å². The molecule has 6 heteroatoms. The average molecular weight is 311 g/mol. The maximum atomic E-state index is 12.1. The highest BCUT2D eigenvalue weighted by Gasteiger charge is 2.14. The van der Waals surface area contributed by atoms with Gasteiger partial charge in [0, 0.05) is 13.1 Å². The van der Waals surface area contributed by atoms with E-state index in [1.165, 1.54) is 25.9 Å². The second-order valence-electron chi connectivity index (χ2n) is 5.22. The van der Waals surface area contributed by atoms with Gasteiger partial charge in [-0.15, -0.1) is 0 Å². The topological polar surface area (TPSA) is 57.3 Å². The third kappa shape index (κ3) is 4.86. The quantitative estimate of drug-likeness (QED) is 0.759. The molecule has 0 unspecified atom stereocenters. The SMILES string of the molecule is CCNc1ccc(Cl)c(C(=O)NCCCN2CCCC2)n1. The molecule has 5 nitrogen and oxygen atoms in total. The van der Waals surface area contributed by atoms with Crippen molar-refractivity contribution in [2.75, 3.05) is 38.0 Å². The molecule has 0 spiro atoms. The lowest BCUT2D eigenvalue weighted by Crippen LogP contribution is -2.29. The van der Waals surface area contributed by atoms with Crippen LogP contribution < -0.4 is 10.6 Å². The molecular formula is C15H23ClN4O. The largest absolute Gasteiger partial charge is 0.370 e. The lowest BCUT2D eigenvalue weighted by atomic mass is 10.3. The van der Waals surface area contributed by atoms with E-state index in [4.69, 9.17) is 11.6 Å². The van der Waals surface area contributed by atoms with E-state index in [9.17, 15) is 4.79 Å². The minimum absolute atomic E-state index is 0.207. The van der Waals surface area contributed by atoms with Gasteiger partial charge in [-0.05, 0) is 58.0 Å². The second kappa shape index (κ2) is 8.20. The minimum atomic E-state index is -0.207. The van der Waals surface area contributed by atoms with Gasteiger partial charge in [0.15, 0.2) is 0 Å². The van der Waals surface area contributed by atoms with E-state index < -0.39 is 0 Å². The molecule has 0 aromatic carbocycles. The molecule has 1 fully saturated rings. The maximum Gasteiger partial charge on any atom is 0.271 e. The Morgan fingerprint density at radius 2 is 2.14 bits per heavy atom. The Labute approximate surface area is 131 Å². The van der Waals surface area contributed by atoms with Crippen LogP contribution in [0.25, 0.3) is 0 Å². The Morgan fingerprint density at radius 1 is 1.38 bits per heavy atom. The molecule has 2 heterocycles. The van der Waals surface area contributed by atoms with Gasteiger partial charge in [0.05, 0.1) is 5.02 Å². The van der Waals surface area contributed by atoms with Gasteiger partial charge in [-0.25, -0.2) is 4.98 Å². The molecule has 0 saturated carbocycles. The first-order valence-electron chi connectivity index (χ1n) is 7.61. The zero-order chi connectivity index (χ0) is 15.1. The summed E-state index contributed by atoms with van der Waals surface area (Å²) in [4.78, 5) is 18.8. The molecule has 1 aromatic rings. The van der Waals surface area contributed by atoms with Crippen LogP contribution in [0.4, 0.5) is 5.82 Å². The molecule has 1 aliphatic rings. The Hall–Kier alpha value is -1.33. The van der Waals surface area contributed by atoms with Crippen LogP contribution in [-0.4, -0.2) is 48.5 Å². The van der Waals surface area contributed by atoms with E-state index in [0.29, 0.717) is 17.4 Å². The standard InChI is InChI=1S/C15H23ClN4O/c1-2-17-13-7-6-12(16)14(19-13)15(21)18-8-5-11-20-9-3-4-10-20/h6-7H,2-5,8-11H2,1H3,(H,17,19)(H,18,21). The van der Waals surface area contributed by atoms with Gasteiger partial charge in [-0.1, -0.05) is 11.6 Å². The molecule has 0 radical (unpaired) electrons. The van der Waals surface area contributed by atoms with Crippen molar-refractivity contribution in [3.63, 3.8) is 0 Å². The van der Waals surface area contributed by atoms with Crippen molar-refractivity contribution in [3.05, 3.63) is 22.8 Å². The van der Waals surface area contributed by atoms with Gasteiger partial charge in [0.25, 0.3) is 5.91 Å². The number of halogens is 1. The first kappa shape index (κ1) is 16.0. The summed E-state index contributed by atoms with van der Waals surface area (Å²) in [5.41, 5.74) is 0.288. The van der Waals surface area contributed by atoms with Gasteiger partial charge in [0.1, 0.15) is 11.5 Å². The van der Waals surface area contributed by atoms with Crippen molar-refractivity contribution >= 4 is 23.3 Å². The van der Waals surface area contributed by atoms with E-state index in [1.54, 1.807) is 12.1 Å². The lowest BCUT2D eigenvalue weighted by molar-refractivity contribution is 0.0947. The number of pyridine rings is 1. The normalized spacial score (nSPS) is 15.1. The molecule has 21 heavy (non-hydrogen) atoms. The van der Waals surface area contributed by atoms with Crippen molar-refractivity contribution in [2.45, 2.75) is 26.2 Å². The van der Waals surface area contributed by atoms with E-state index >= 15 is 0 Å². The maximum absolute atomic E-state index is 12.1. The fourth-order valence-electron chi connectivity index (χ4n) is 2.48. The van der Waals surface area contributed by atoms with E-state index in [2.05, 4.69) is 20.5 Å². The van der Waals surface area contributed by atoms with Crippen LogP contribution in [0.2, 0.25) is 5.02 Å². The zero-order valence-electron chi connectivity index (χ0n) is 12.5. The van der Waals surface area contributed by atoms with E-state index in [-0.39, 0.29) is 11.6 Å². The number of carbonyl (C=O) groups excluding carboxylic acids is 1. The van der Waals surface area contributed by atoms with Crippen molar-refractivity contribution < 1.29 is 4.79 Å². The highest BCUT2D eigenvalue weighted by Crippen LogP contribution is 2.16. The average Bonchev–Trinajstić information content (AvgIpc) is 2.99. The van der Waals surface area contributed by atoms with Crippen molar-refractivity contribution in [2.24, 2.45) is 0 Å². The fraction of sp³-hybridized carbons (Fsp3) is 0.600. The molecule has 1 amide bonds. The summed E-state index contributed by atoms with van der Waals surface area (Å²) in [7, 11) is 0. The molecule has 2 rings (SSSR count). The number of anilines is 1. The summed E-state index contributed by atoms with van der Waals surface area (Å²) in [6.07, 6.45) is 3.54. The third-order valence-corrected chi connectivity index (χ3v) is 3.86. The van der Waals surface area contributed by atoms with Gasteiger partial charge in [-0.2, -0.15) is 0 Å². The van der Waals surface area contributed by atoms with Crippen molar-refractivity contribution in [1.82, 2.24) is 15.2 Å². The summed E-state index contributed by atoms with van der Waals surface area (Å²) >= 11 is 6.05. The monoisotopic (exact) mass is 310 g/mol. The highest BCUT2D eigenvalue weighted by atomic mass is 35.5. The summed E-state index contributed by atoms with van der Waals surface area (Å²) in [6, 6.07) is 3.47. The lowest BCUT2D eigenvalue weighted by Gasteiger charge is -2.14. The van der Waals surface area contributed by atoms with Crippen LogP contribution in [0.3, 0.4) is 0 Å². The Morgan fingerprint density at radius 3 is 2.86 bits per heavy atom. The van der Waals surface area contributed by atoms with Crippen LogP contribution in [0.5, 0.6) is 0 Å². The number of likely N-dealkylation sites (tertiary alicyclic amines) is 1. The van der Waals surface area contributed by atoms with E-state index in [0.717, 1.165) is 19.5 Å². The fourth-order valence-corrected chi connectivity index (χ4v) is 2.67. The van der Waals surface area contributed by atoms with Crippen LogP contribution in [0.15, 0.2) is 12.1 Å². The van der Waals surface area contributed by atoms with Crippen LogP contribution in [0.1, 0.15) is 36.7 Å². The smallest absolute Gasteiger partial charge is 0.271 e. The molecule has 1 aliphatic heterocycles. The first-order valence-corrected chi connectivity index (χ1v) is 7.99. The predicted molar refractivity (Wildman–Crippen MR) is 86.0 cm³/mol. The highest BCUT2D eigenvalue weighted by molar-refractivity contribution is 6.33. The van der Waals surface area contributed by atoms with Crippen molar-refractivity contribution in [3.8, 4) is 0 Å². The van der Waals surface area contributed by atoms with E-state index in [1.807, 2.05) is 6.92 Å². The molecule has 1 aromatic heterocycles. The Bertz CT molecular complexity index is 475. The third-order valence-electron chi connectivity index (χ3n) is 3.55. The number of aromatic nitrogens is 1. The van der Waals surface area contributed by atoms with Crippen molar-refractivity contribution in [1.29, 1.82) is 0 Å². The number of hydrogen-bond donors (Lipinski definition) is 2. The number of carbonyl (C=O) groups is 1. The molecular weight excluding hydrogens is 288 g/mol. The number of rotatable bonds is 7. The number of nitrogens with one attached hydrogen (secondary N) is 2. The number of amides is 1. The molecule has 0 aliphatic carbocycles. The molecule has 0 bridgehead atoms. The summed E-state index contributed by atoms with van der Waals surface area (Å²) in [6.45, 7) is 6.80. The van der Waals surface area contributed by atoms with Gasteiger partial charge in [0.2, 0.25) is 0 Å². The number of nitrogens with zero attached hydrogens (tertiary/aromatic N) is 2. The summed E-state index contributed by atoms with van der Waals surface area (Å²) < 4.78 is 0. The predicted octanol–water partition coefficient (Wildman–Crippen LogP) is 2.38. The first-order chi connectivity index (χ1) is 10.2. The van der Waals surface area contributed by atoms with Gasteiger partial charge < -0.3 is 15.5 Å². The van der Waals surface area contributed by atoms with Gasteiger partial charge >= 0.3 is 0 Å². The number of hydrogen-bond acceptors (Lipinski definition) is 4. The van der Waals surface area contributed by atoms with Gasteiger partial charge in [-0.3, -0.25) is 4.79 Å². The molecule has 0 atom stereocenters. The van der Waals surface area contributed by atoms with Crippen LogP contribution in [0, 0.1) is 0 Å². The van der Waals surface area contributed by atoms with Crippen LogP contribution in [-0.2, 0) is 0 Å². The molecule has 1 saturated heterocycles. The molecule has 2 N–H and O–H groups in total. The summed E-state index contributed by atoms with van der Waals surface area (Å²) in [5, 5.41) is 6.35. The second-order valence-corrected chi connectivity index (χ2v) is 5.62. The Balaban J connectivity index is 1.80. The summed E-state index contributed by atoms with van der Waals surface area (Å²) in [5.74, 6) is 0.463. The Kier molecular flexibility index (Phi) is 6.26. The minimum Gasteiger partial charge on any atom is -0.370 e.